The number of aryl methyl sites for hydroxylation is 1. The molecule has 3 rings (SSSR count). The number of allylic oxidation sites excluding steroid dienone is 1. The van der Waals surface area contributed by atoms with Gasteiger partial charge in [-0.15, -0.1) is 0 Å². The lowest BCUT2D eigenvalue weighted by Crippen LogP contribution is -1.98. The van der Waals surface area contributed by atoms with E-state index in [4.69, 9.17) is 0 Å². The fourth-order valence-corrected chi connectivity index (χ4v) is 3.19. The highest BCUT2D eigenvalue weighted by Gasteiger charge is 2.12. The first kappa shape index (κ1) is 17.2. The van der Waals surface area contributed by atoms with Crippen LogP contribution >= 0.6 is 15.9 Å². The summed E-state index contributed by atoms with van der Waals surface area (Å²) in [5.41, 5.74) is 4.64. The predicted octanol–water partition coefficient (Wildman–Crippen LogP) is 6.06. The number of hydrogen-bond donors (Lipinski definition) is 0. The zero-order valence-electron chi connectivity index (χ0n) is 13.9. The molecule has 0 radical (unpaired) electrons. The minimum atomic E-state index is -0.392. The van der Waals surface area contributed by atoms with E-state index >= 15 is 0 Å². The Labute approximate surface area is 155 Å². The number of nitriles is 1. The van der Waals surface area contributed by atoms with E-state index in [1.54, 1.807) is 24.3 Å². The molecule has 0 aliphatic rings. The molecule has 0 aliphatic carbocycles. The third-order valence-electron chi connectivity index (χ3n) is 4.14. The normalized spacial score (nSPS) is 11.4. The highest BCUT2D eigenvalue weighted by atomic mass is 79.9. The van der Waals surface area contributed by atoms with Gasteiger partial charge >= 0.3 is 0 Å². The summed E-state index contributed by atoms with van der Waals surface area (Å²) in [5.74, 6) is -0.392. The van der Waals surface area contributed by atoms with Gasteiger partial charge in [0.25, 0.3) is 0 Å². The fourth-order valence-electron chi connectivity index (χ4n) is 2.93. The molecule has 0 saturated heterocycles. The van der Waals surface area contributed by atoms with Crippen molar-refractivity contribution in [2.45, 2.75) is 13.8 Å². The molecule has 3 aromatic rings. The highest BCUT2D eigenvalue weighted by Crippen LogP contribution is 2.26. The molecule has 0 unspecified atom stereocenters. The van der Waals surface area contributed by atoms with Crippen LogP contribution in [0.5, 0.6) is 0 Å². The van der Waals surface area contributed by atoms with Crippen LogP contribution in [0.2, 0.25) is 0 Å². The van der Waals surface area contributed by atoms with Gasteiger partial charge < -0.3 is 4.57 Å². The molecule has 0 spiro atoms. The Kier molecular flexibility index (Phi) is 4.87. The molecule has 1 aromatic heterocycles. The van der Waals surface area contributed by atoms with Crippen molar-refractivity contribution in [1.82, 2.24) is 4.57 Å². The molecular weight excluding hydrogens is 379 g/mol. The summed E-state index contributed by atoms with van der Waals surface area (Å²) >= 11 is 3.44. The number of hydrogen-bond acceptors (Lipinski definition) is 1. The van der Waals surface area contributed by atoms with Crippen molar-refractivity contribution in [2.75, 3.05) is 0 Å². The topological polar surface area (TPSA) is 28.7 Å². The Morgan fingerprint density at radius 1 is 1.12 bits per heavy atom. The third-order valence-corrected chi connectivity index (χ3v) is 4.67. The van der Waals surface area contributed by atoms with Crippen LogP contribution < -0.4 is 0 Å². The molecule has 0 atom stereocenters. The number of aromatic nitrogens is 1. The van der Waals surface area contributed by atoms with Crippen molar-refractivity contribution in [3.63, 3.8) is 0 Å². The summed E-state index contributed by atoms with van der Waals surface area (Å²) in [6.45, 7) is 4.01. The molecule has 1 heterocycles. The van der Waals surface area contributed by atoms with E-state index in [9.17, 15) is 9.65 Å². The van der Waals surface area contributed by atoms with Gasteiger partial charge in [0.2, 0.25) is 0 Å². The van der Waals surface area contributed by atoms with Crippen LogP contribution in [0.25, 0.3) is 17.3 Å². The quantitative estimate of drug-likeness (QED) is 0.496. The van der Waals surface area contributed by atoms with Crippen LogP contribution in [-0.2, 0) is 0 Å². The SMILES string of the molecule is Cc1cc(C=C(C#N)c2ccccc2F)c(C)n1-c1ccc(Br)cc1. The van der Waals surface area contributed by atoms with Crippen molar-refractivity contribution in [3.05, 3.63) is 87.4 Å². The Morgan fingerprint density at radius 2 is 1.80 bits per heavy atom. The van der Waals surface area contributed by atoms with Crippen LogP contribution in [-0.4, -0.2) is 4.57 Å². The smallest absolute Gasteiger partial charge is 0.131 e. The molecule has 124 valence electrons. The van der Waals surface area contributed by atoms with Crippen LogP contribution in [0.3, 0.4) is 0 Å². The van der Waals surface area contributed by atoms with E-state index in [-0.39, 0.29) is 0 Å². The van der Waals surface area contributed by atoms with Crippen LogP contribution in [0.1, 0.15) is 22.5 Å². The van der Waals surface area contributed by atoms with E-state index in [1.165, 1.54) is 6.07 Å². The predicted molar refractivity (Wildman–Crippen MR) is 103 cm³/mol. The molecule has 4 heteroatoms. The number of halogens is 2. The lowest BCUT2D eigenvalue weighted by Gasteiger charge is -2.09. The zero-order valence-corrected chi connectivity index (χ0v) is 15.5. The van der Waals surface area contributed by atoms with Crippen LogP contribution in [0, 0.1) is 31.0 Å². The van der Waals surface area contributed by atoms with Crippen molar-refractivity contribution in [3.8, 4) is 11.8 Å². The average molecular weight is 395 g/mol. The first-order chi connectivity index (χ1) is 12.0. The maximum atomic E-state index is 14.0. The molecule has 0 fully saturated rings. The summed E-state index contributed by atoms with van der Waals surface area (Å²) in [7, 11) is 0. The minimum absolute atomic E-state index is 0.314. The Balaban J connectivity index is 2.10. The Bertz CT molecular complexity index is 992. The second-order valence-electron chi connectivity index (χ2n) is 5.79. The summed E-state index contributed by atoms with van der Waals surface area (Å²) in [4.78, 5) is 0. The van der Waals surface area contributed by atoms with Crippen molar-refractivity contribution >= 4 is 27.6 Å². The molecule has 0 saturated carbocycles. The lowest BCUT2D eigenvalue weighted by molar-refractivity contribution is 0.624. The summed E-state index contributed by atoms with van der Waals surface area (Å²) in [5, 5.41) is 9.48. The van der Waals surface area contributed by atoms with Gasteiger partial charge in [0, 0.05) is 27.1 Å². The average Bonchev–Trinajstić information content (AvgIpc) is 2.88. The van der Waals surface area contributed by atoms with Gasteiger partial charge in [0.1, 0.15) is 5.82 Å². The van der Waals surface area contributed by atoms with Crippen LogP contribution in [0.4, 0.5) is 4.39 Å². The van der Waals surface area contributed by atoms with Gasteiger partial charge in [-0.3, -0.25) is 0 Å². The molecule has 0 amide bonds. The highest BCUT2D eigenvalue weighted by molar-refractivity contribution is 9.10. The molecule has 0 bridgehead atoms. The van der Waals surface area contributed by atoms with Gasteiger partial charge in [-0.25, -0.2) is 4.39 Å². The standard InChI is InChI=1S/C21H16BrFN2/c1-14-11-16(12-17(13-24)20-5-3-4-6-21(20)23)15(2)25(14)19-9-7-18(22)8-10-19/h3-12H,1-2H3. The molecule has 0 aliphatic heterocycles. The molecule has 0 N–H and O–H groups in total. The van der Waals surface area contributed by atoms with Gasteiger partial charge in [-0.05, 0) is 61.9 Å². The second-order valence-corrected chi connectivity index (χ2v) is 6.70. The fraction of sp³-hybridized carbons (Fsp3) is 0.0952. The maximum absolute atomic E-state index is 14.0. The van der Waals surface area contributed by atoms with E-state index in [1.807, 2.05) is 44.2 Å². The van der Waals surface area contributed by atoms with E-state index in [2.05, 4.69) is 26.6 Å². The first-order valence-corrected chi connectivity index (χ1v) is 8.62. The van der Waals surface area contributed by atoms with Crippen molar-refractivity contribution in [2.24, 2.45) is 0 Å². The van der Waals surface area contributed by atoms with E-state index in [0.29, 0.717) is 11.1 Å². The molecule has 2 nitrogen and oxygen atoms in total. The van der Waals surface area contributed by atoms with Crippen molar-refractivity contribution in [1.29, 1.82) is 5.26 Å². The summed E-state index contributed by atoms with van der Waals surface area (Å²) in [6, 6.07) is 18.5. The first-order valence-electron chi connectivity index (χ1n) is 7.83. The van der Waals surface area contributed by atoms with Gasteiger partial charge in [0.05, 0.1) is 11.6 Å². The molecule has 25 heavy (non-hydrogen) atoms. The summed E-state index contributed by atoms with van der Waals surface area (Å²) < 4.78 is 17.2. The van der Waals surface area contributed by atoms with E-state index in [0.717, 1.165) is 27.1 Å². The second kappa shape index (κ2) is 7.08. The van der Waals surface area contributed by atoms with Gasteiger partial charge in [0.15, 0.2) is 0 Å². The molecular formula is C21H16BrFN2. The molecule has 2 aromatic carbocycles. The van der Waals surface area contributed by atoms with E-state index < -0.39 is 5.82 Å². The van der Waals surface area contributed by atoms with Gasteiger partial charge in [-0.1, -0.05) is 34.1 Å². The maximum Gasteiger partial charge on any atom is 0.131 e. The lowest BCUT2D eigenvalue weighted by atomic mass is 10.0. The number of rotatable bonds is 3. The van der Waals surface area contributed by atoms with Gasteiger partial charge in [-0.2, -0.15) is 5.26 Å². The third kappa shape index (κ3) is 3.42. The van der Waals surface area contributed by atoms with Crippen molar-refractivity contribution < 1.29 is 4.39 Å². The number of benzene rings is 2. The zero-order chi connectivity index (χ0) is 18.0. The monoisotopic (exact) mass is 394 g/mol. The summed E-state index contributed by atoms with van der Waals surface area (Å²) in [6.07, 6.45) is 1.75. The minimum Gasteiger partial charge on any atom is -0.318 e. The Morgan fingerprint density at radius 3 is 2.44 bits per heavy atom. The largest absolute Gasteiger partial charge is 0.318 e. The number of nitrogens with zero attached hydrogens (tertiary/aromatic N) is 2. The van der Waals surface area contributed by atoms with Crippen LogP contribution in [0.15, 0.2) is 59.1 Å². The Hall–Kier alpha value is -2.64.